The van der Waals surface area contributed by atoms with Crippen LogP contribution in [0.2, 0.25) is 0 Å². The van der Waals surface area contributed by atoms with Gasteiger partial charge < -0.3 is 5.73 Å². The third kappa shape index (κ3) is 2.31. The van der Waals surface area contributed by atoms with Crippen molar-refractivity contribution in [1.82, 2.24) is 0 Å². The zero-order valence-electron chi connectivity index (χ0n) is 11.5. The van der Waals surface area contributed by atoms with Crippen LogP contribution in [-0.2, 0) is 24.8 Å². The highest BCUT2D eigenvalue weighted by molar-refractivity contribution is 5.40. The van der Waals surface area contributed by atoms with Crippen molar-refractivity contribution in [2.24, 2.45) is 5.73 Å². The maximum atomic E-state index is 6.67. The monoisotopic (exact) mass is 251 g/mol. The van der Waals surface area contributed by atoms with Gasteiger partial charge in [-0.1, -0.05) is 55.5 Å². The van der Waals surface area contributed by atoms with Crippen LogP contribution in [0.4, 0.5) is 0 Å². The van der Waals surface area contributed by atoms with Crippen LogP contribution in [0.25, 0.3) is 0 Å². The van der Waals surface area contributed by atoms with Gasteiger partial charge in [0.25, 0.3) is 0 Å². The highest BCUT2D eigenvalue weighted by Gasteiger charge is 2.34. The molecule has 1 aliphatic carbocycles. The first-order valence-electron chi connectivity index (χ1n) is 7.16. The summed E-state index contributed by atoms with van der Waals surface area (Å²) in [5.41, 5.74) is 12.0. The van der Waals surface area contributed by atoms with Crippen molar-refractivity contribution in [1.29, 1.82) is 0 Å². The van der Waals surface area contributed by atoms with Crippen molar-refractivity contribution in [3.05, 3.63) is 70.8 Å². The highest BCUT2D eigenvalue weighted by Crippen LogP contribution is 2.37. The molecule has 0 heterocycles. The molecule has 0 spiro atoms. The summed E-state index contributed by atoms with van der Waals surface area (Å²) in [5.74, 6) is 0. The third-order valence-corrected chi connectivity index (χ3v) is 4.35. The number of hydrogen-bond acceptors (Lipinski definition) is 1. The number of aryl methyl sites for hydroxylation is 2. The van der Waals surface area contributed by atoms with Gasteiger partial charge in [-0.2, -0.15) is 0 Å². The Balaban J connectivity index is 1.86. The fraction of sp³-hybridized carbons (Fsp3) is 0.333. The van der Waals surface area contributed by atoms with Gasteiger partial charge >= 0.3 is 0 Å². The standard InChI is InChI=1S/C18H21N/c1-2-14-7-9-15(10-8-14)13-18(19)12-11-16-5-3-4-6-17(16)18/h3-10H,2,11-13,19H2,1H3. The lowest BCUT2D eigenvalue weighted by Gasteiger charge is -2.25. The maximum absolute atomic E-state index is 6.67. The molecule has 98 valence electrons. The van der Waals surface area contributed by atoms with Gasteiger partial charge in [0.05, 0.1) is 0 Å². The zero-order chi connectivity index (χ0) is 13.3. The molecule has 0 saturated carbocycles. The Morgan fingerprint density at radius 2 is 1.68 bits per heavy atom. The Labute approximate surface area is 115 Å². The molecule has 1 nitrogen and oxygen atoms in total. The molecular formula is C18H21N. The summed E-state index contributed by atoms with van der Waals surface area (Å²) in [6.07, 6.45) is 4.20. The maximum Gasteiger partial charge on any atom is 0.0456 e. The van der Waals surface area contributed by atoms with Crippen LogP contribution < -0.4 is 5.73 Å². The van der Waals surface area contributed by atoms with E-state index in [-0.39, 0.29) is 5.54 Å². The van der Waals surface area contributed by atoms with Crippen molar-refractivity contribution in [3.63, 3.8) is 0 Å². The summed E-state index contributed by atoms with van der Waals surface area (Å²) in [6, 6.07) is 17.5. The summed E-state index contributed by atoms with van der Waals surface area (Å²) in [7, 11) is 0. The molecule has 3 rings (SSSR count). The van der Waals surface area contributed by atoms with E-state index in [2.05, 4.69) is 55.5 Å². The molecule has 0 bridgehead atoms. The van der Waals surface area contributed by atoms with Gasteiger partial charge in [0, 0.05) is 5.54 Å². The van der Waals surface area contributed by atoms with Gasteiger partial charge in [-0.3, -0.25) is 0 Å². The fourth-order valence-corrected chi connectivity index (χ4v) is 3.16. The molecule has 0 amide bonds. The van der Waals surface area contributed by atoms with Crippen LogP contribution in [0.15, 0.2) is 48.5 Å². The molecule has 0 aliphatic heterocycles. The SMILES string of the molecule is CCc1ccc(CC2(N)CCc3ccccc32)cc1. The van der Waals surface area contributed by atoms with Gasteiger partial charge in [-0.05, 0) is 47.9 Å². The van der Waals surface area contributed by atoms with E-state index < -0.39 is 0 Å². The smallest absolute Gasteiger partial charge is 0.0456 e. The lowest BCUT2D eigenvalue weighted by atomic mass is 9.86. The minimum Gasteiger partial charge on any atom is -0.321 e. The predicted octanol–water partition coefficient (Wildman–Crippen LogP) is 3.59. The number of benzene rings is 2. The van der Waals surface area contributed by atoms with Crippen LogP contribution in [0.3, 0.4) is 0 Å². The summed E-state index contributed by atoms with van der Waals surface area (Å²) in [4.78, 5) is 0. The summed E-state index contributed by atoms with van der Waals surface area (Å²) in [6.45, 7) is 2.19. The third-order valence-electron chi connectivity index (χ3n) is 4.35. The number of fused-ring (bicyclic) bond motifs is 1. The van der Waals surface area contributed by atoms with E-state index in [1.165, 1.54) is 22.3 Å². The lowest BCUT2D eigenvalue weighted by molar-refractivity contribution is 0.439. The molecule has 1 heteroatoms. The Morgan fingerprint density at radius 3 is 2.42 bits per heavy atom. The van der Waals surface area contributed by atoms with Gasteiger partial charge in [0.1, 0.15) is 0 Å². The average Bonchev–Trinajstić information content (AvgIpc) is 2.78. The zero-order valence-corrected chi connectivity index (χ0v) is 11.5. The molecule has 0 radical (unpaired) electrons. The minimum absolute atomic E-state index is 0.176. The Kier molecular flexibility index (Phi) is 3.16. The minimum atomic E-state index is -0.176. The molecule has 0 aromatic heterocycles. The predicted molar refractivity (Wildman–Crippen MR) is 80.2 cm³/mol. The van der Waals surface area contributed by atoms with E-state index in [1.807, 2.05) is 0 Å². The lowest BCUT2D eigenvalue weighted by Crippen LogP contribution is -2.36. The van der Waals surface area contributed by atoms with E-state index in [4.69, 9.17) is 5.73 Å². The second kappa shape index (κ2) is 4.82. The van der Waals surface area contributed by atoms with Crippen LogP contribution in [0.1, 0.15) is 35.6 Å². The fourth-order valence-electron chi connectivity index (χ4n) is 3.16. The Bertz CT molecular complexity index is 570. The molecular weight excluding hydrogens is 230 g/mol. The topological polar surface area (TPSA) is 26.0 Å². The second-order valence-corrected chi connectivity index (χ2v) is 5.66. The number of rotatable bonds is 3. The molecule has 0 saturated heterocycles. The largest absolute Gasteiger partial charge is 0.321 e. The Hall–Kier alpha value is -1.60. The quantitative estimate of drug-likeness (QED) is 0.886. The van der Waals surface area contributed by atoms with Crippen molar-refractivity contribution in [3.8, 4) is 0 Å². The van der Waals surface area contributed by atoms with Crippen molar-refractivity contribution in [2.75, 3.05) is 0 Å². The molecule has 0 fully saturated rings. The van der Waals surface area contributed by atoms with Crippen LogP contribution in [0, 0.1) is 0 Å². The van der Waals surface area contributed by atoms with Crippen molar-refractivity contribution < 1.29 is 0 Å². The summed E-state index contributed by atoms with van der Waals surface area (Å²) >= 11 is 0. The summed E-state index contributed by atoms with van der Waals surface area (Å²) in [5, 5.41) is 0. The van der Waals surface area contributed by atoms with Gasteiger partial charge in [-0.25, -0.2) is 0 Å². The van der Waals surface area contributed by atoms with Crippen LogP contribution >= 0.6 is 0 Å². The van der Waals surface area contributed by atoms with E-state index in [1.54, 1.807) is 0 Å². The van der Waals surface area contributed by atoms with E-state index >= 15 is 0 Å². The molecule has 1 unspecified atom stereocenters. The molecule has 2 aromatic carbocycles. The molecule has 2 aromatic rings. The van der Waals surface area contributed by atoms with E-state index in [0.29, 0.717) is 0 Å². The van der Waals surface area contributed by atoms with E-state index in [9.17, 15) is 0 Å². The Morgan fingerprint density at radius 1 is 1.00 bits per heavy atom. The first-order chi connectivity index (χ1) is 9.21. The van der Waals surface area contributed by atoms with Gasteiger partial charge in [0.2, 0.25) is 0 Å². The molecule has 2 N–H and O–H groups in total. The second-order valence-electron chi connectivity index (χ2n) is 5.66. The van der Waals surface area contributed by atoms with Crippen LogP contribution in [-0.4, -0.2) is 0 Å². The van der Waals surface area contributed by atoms with Crippen molar-refractivity contribution >= 4 is 0 Å². The number of nitrogens with two attached hydrogens (primary N) is 1. The summed E-state index contributed by atoms with van der Waals surface area (Å²) < 4.78 is 0. The average molecular weight is 251 g/mol. The van der Waals surface area contributed by atoms with E-state index in [0.717, 1.165) is 25.7 Å². The highest BCUT2D eigenvalue weighted by atomic mass is 14.8. The number of hydrogen-bond donors (Lipinski definition) is 1. The van der Waals surface area contributed by atoms with Gasteiger partial charge in [-0.15, -0.1) is 0 Å². The van der Waals surface area contributed by atoms with Gasteiger partial charge in [0.15, 0.2) is 0 Å². The molecule has 19 heavy (non-hydrogen) atoms. The molecule has 1 aliphatic rings. The normalized spacial score (nSPS) is 21.4. The molecule has 1 atom stereocenters. The first-order valence-corrected chi connectivity index (χ1v) is 7.16. The van der Waals surface area contributed by atoms with Crippen LogP contribution in [0.5, 0.6) is 0 Å². The first kappa shape index (κ1) is 12.4. The van der Waals surface area contributed by atoms with Crippen molar-refractivity contribution in [2.45, 2.75) is 38.1 Å².